The monoisotopic (exact) mass is 565 g/mol. The van der Waals surface area contributed by atoms with Gasteiger partial charge in [0.15, 0.2) is 0 Å². The third-order valence-corrected chi connectivity index (χ3v) is 6.87. The Balaban J connectivity index is 1.59. The largest absolute Gasteiger partial charge is 0.445 e. The number of hydrogen-bond donors (Lipinski definition) is 4. The number of rotatable bonds is 14. The lowest BCUT2D eigenvalue weighted by molar-refractivity contribution is -0.140. The molecule has 0 saturated carbocycles. The zero-order valence-corrected chi connectivity index (χ0v) is 23.3. The molecule has 0 bridgehead atoms. The van der Waals surface area contributed by atoms with Crippen LogP contribution in [0.1, 0.15) is 50.2 Å². The van der Waals surface area contributed by atoms with Crippen molar-refractivity contribution in [2.24, 2.45) is 5.73 Å². The molecule has 3 rings (SSSR count). The Labute approximate surface area is 240 Å². The Hall–Kier alpha value is -4.41. The number of nitrogens with one attached hydrogen (secondary N) is 3. The van der Waals surface area contributed by atoms with E-state index in [2.05, 4.69) is 16.0 Å². The van der Waals surface area contributed by atoms with Gasteiger partial charge >= 0.3 is 6.09 Å². The minimum Gasteiger partial charge on any atom is -0.445 e. The average molecular weight is 566 g/mol. The quantitative estimate of drug-likeness (QED) is 0.273. The fourth-order valence-corrected chi connectivity index (χ4v) is 4.70. The second-order valence-electron chi connectivity index (χ2n) is 10.0. The average Bonchev–Trinajstić information content (AvgIpc) is 3.48. The van der Waals surface area contributed by atoms with Crippen LogP contribution >= 0.6 is 0 Å². The number of unbranched alkanes of at least 4 members (excludes halogenated alkanes) is 1. The first-order valence-corrected chi connectivity index (χ1v) is 14.0. The lowest BCUT2D eigenvalue weighted by Crippen LogP contribution is -2.55. The number of hydrogen-bond acceptors (Lipinski definition) is 6. The molecule has 5 amide bonds. The van der Waals surface area contributed by atoms with Crippen molar-refractivity contribution in [3.63, 3.8) is 0 Å². The SMILES string of the molecule is CCCC[C@@H](NC(=O)OCc1ccccc1)C(=O)NCC(=O)N[C@@H](Cc1ccccc1)C(=O)N1CCC[C@H]1C(N)=O. The zero-order valence-electron chi connectivity index (χ0n) is 23.3. The van der Waals surface area contributed by atoms with Crippen LogP contribution in [0.25, 0.3) is 0 Å². The summed E-state index contributed by atoms with van der Waals surface area (Å²) in [5.41, 5.74) is 7.13. The Morgan fingerprint density at radius 2 is 1.61 bits per heavy atom. The summed E-state index contributed by atoms with van der Waals surface area (Å²) in [5.74, 6) is -2.10. The van der Waals surface area contributed by atoms with Gasteiger partial charge in [0, 0.05) is 13.0 Å². The summed E-state index contributed by atoms with van der Waals surface area (Å²) in [6.07, 6.45) is 2.42. The van der Waals surface area contributed by atoms with Gasteiger partial charge in [-0.1, -0.05) is 80.4 Å². The number of ether oxygens (including phenoxy) is 1. The normalized spacial score (nSPS) is 15.8. The molecule has 41 heavy (non-hydrogen) atoms. The van der Waals surface area contributed by atoms with E-state index in [4.69, 9.17) is 10.5 Å². The highest BCUT2D eigenvalue weighted by atomic mass is 16.5. The summed E-state index contributed by atoms with van der Waals surface area (Å²) in [6.45, 7) is 1.99. The molecule has 0 unspecified atom stereocenters. The molecule has 2 aromatic rings. The van der Waals surface area contributed by atoms with Crippen LogP contribution in [0.4, 0.5) is 4.79 Å². The molecule has 220 valence electrons. The van der Waals surface area contributed by atoms with Gasteiger partial charge in [-0.3, -0.25) is 19.2 Å². The zero-order chi connectivity index (χ0) is 29.6. The molecule has 5 N–H and O–H groups in total. The summed E-state index contributed by atoms with van der Waals surface area (Å²) >= 11 is 0. The van der Waals surface area contributed by atoms with Gasteiger partial charge in [0.2, 0.25) is 23.6 Å². The molecule has 1 aliphatic rings. The van der Waals surface area contributed by atoms with Crippen LogP contribution in [0.5, 0.6) is 0 Å². The van der Waals surface area contributed by atoms with E-state index in [1.54, 1.807) is 0 Å². The highest BCUT2D eigenvalue weighted by Gasteiger charge is 2.36. The molecule has 1 heterocycles. The topological polar surface area (TPSA) is 160 Å². The number of likely N-dealkylation sites (tertiary alicyclic amines) is 1. The lowest BCUT2D eigenvalue weighted by atomic mass is 10.0. The third-order valence-electron chi connectivity index (χ3n) is 6.87. The number of carbonyl (C=O) groups excluding carboxylic acids is 5. The maximum absolute atomic E-state index is 13.4. The Morgan fingerprint density at radius 1 is 0.951 bits per heavy atom. The van der Waals surface area contributed by atoms with E-state index in [1.165, 1.54) is 4.90 Å². The molecule has 0 aliphatic carbocycles. The number of carbonyl (C=O) groups is 5. The molecule has 0 spiro atoms. The van der Waals surface area contributed by atoms with Gasteiger partial charge in [0.05, 0.1) is 6.54 Å². The van der Waals surface area contributed by atoms with Gasteiger partial charge < -0.3 is 31.3 Å². The molecule has 0 radical (unpaired) electrons. The smallest absolute Gasteiger partial charge is 0.408 e. The number of benzene rings is 2. The van der Waals surface area contributed by atoms with Crippen molar-refractivity contribution in [2.45, 2.75) is 70.2 Å². The first-order valence-electron chi connectivity index (χ1n) is 14.0. The molecular formula is C30H39N5O6. The van der Waals surface area contributed by atoms with Crippen molar-refractivity contribution in [2.75, 3.05) is 13.1 Å². The Morgan fingerprint density at radius 3 is 2.24 bits per heavy atom. The van der Waals surface area contributed by atoms with E-state index in [1.807, 2.05) is 67.6 Å². The van der Waals surface area contributed by atoms with E-state index in [-0.39, 0.29) is 13.0 Å². The van der Waals surface area contributed by atoms with Crippen molar-refractivity contribution < 1.29 is 28.7 Å². The summed E-state index contributed by atoms with van der Waals surface area (Å²) in [4.78, 5) is 64.9. The van der Waals surface area contributed by atoms with Crippen LogP contribution in [-0.4, -0.2) is 65.8 Å². The predicted octanol–water partition coefficient (Wildman–Crippen LogP) is 1.79. The fourth-order valence-electron chi connectivity index (χ4n) is 4.70. The van der Waals surface area contributed by atoms with Crippen LogP contribution in [-0.2, 0) is 36.9 Å². The van der Waals surface area contributed by atoms with Crippen molar-refractivity contribution in [1.29, 1.82) is 0 Å². The first kappa shape index (κ1) is 31.1. The van der Waals surface area contributed by atoms with Crippen LogP contribution in [0, 0.1) is 0 Å². The van der Waals surface area contributed by atoms with Crippen molar-refractivity contribution >= 4 is 29.7 Å². The molecule has 1 saturated heterocycles. The minimum absolute atomic E-state index is 0.0572. The molecule has 1 fully saturated rings. The molecular weight excluding hydrogens is 526 g/mol. The maximum Gasteiger partial charge on any atom is 0.408 e. The van der Waals surface area contributed by atoms with Crippen LogP contribution in [0.3, 0.4) is 0 Å². The summed E-state index contributed by atoms with van der Waals surface area (Å²) in [5, 5.41) is 7.84. The fraction of sp³-hybridized carbons (Fsp3) is 0.433. The van der Waals surface area contributed by atoms with E-state index >= 15 is 0 Å². The lowest BCUT2D eigenvalue weighted by Gasteiger charge is -2.28. The van der Waals surface area contributed by atoms with Gasteiger partial charge in [0.25, 0.3) is 0 Å². The number of nitrogens with zero attached hydrogens (tertiary/aromatic N) is 1. The van der Waals surface area contributed by atoms with Gasteiger partial charge in [-0.2, -0.15) is 0 Å². The number of nitrogens with two attached hydrogens (primary N) is 1. The van der Waals surface area contributed by atoms with E-state index < -0.39 is 54.4 Å². The molecule has 2 aromatic carbocycles. The summed E-state index contributed by atoms with van der Waals surface area (Å²) in [6, 6.07) is 15.8. The standard InChI is InChI=1S/C30H39N5O6/c1-2-3-15-23(34-30(40)41-20-22-13-8-5-9-14-22)28(38)32-19-26(36)33-24(18-21-11-6-4-7-12-21)29(39)35-17-10-16-25(35)27(31)37/h4-9,11-14,23-25H,2-3,10,15-20H2,1H3,(H2,31,37)(H,32,38)(H,33,36)(H,34,40)/t23-,24+,25+/m1/s1. The van der Waals surface area contributed by atoms with E-state index in [9.17, 15) is 24.0 Å². The second kappa shape index (κ2) is 16.0. The van der Waals surface area contributed by atoms with Gasteiger partial charge in [-0.25, -0.2) is 4.79 Å². The number of primary amides is 1. The molecule has 11 nitrogen and oxygen atoms in total. The van der Waals surface area contributed by atoms with Gasteiger partial charge in [-0.05, 0) is 30.4 Å². The van der Waals surface area contributed by atoms with Crippen LogP contribution < -0.4 is 21.7 Å². The maximum atomic E-state index is 13.4. The Bertz CT molecular complexity index is 1180. The molecule has 11 heteroatoms. The first-order chi connectivity index (χ1) is 19.8. The van der Waals surface area contributed by atoms with Crippen molar-refractivity contribution in [3.8, 4) is 0 Å². The molecule has 0 aromatic heterocycles. The van der Waals surface area contributed by atoms with Gasteiger partial charge in [0.1, 0.15) is 24.7 Å². The second-order valence-corrected chi connectivity index (χ2v) is 10.0. The summed E-state index contributed by atoms with van der Waals surface area (Å²) < 4.78 is 5.24. The van der Waals surface area contributed by atoms with E-state index in [0.29, 0.717) is 32.2 Å². The predicted molar refractivity (Wildman–Crippen MR) is 152 cm³/mol. The van der Waals surface area contributed by atoms with Crippen molar-refractivity contribution in [3.05, 3.63) is 71.8 Å². The molecule has 1 aliphatic heterocycles. The van der Waals surface area contributed by atoms with Crippen LogP contribution in [0.15, 0.2) is 60.7 Å². The van der Waals surface area contributed by atoms with E-state index in [0.717, 1.165) is 17.5 Å². The number of amides is 5. The third kappa shape index (κ3) is 9.93. The highest BCUT2D eigenvalue weighted by Crippen LogP contribution is 2.19. The highest BCUT2D eigenvalue weighted by molar-refractivity contribution is 5.94. The van der Waals surface area contributed by atoms with Crippen molar-refractivity contribution in [1.82, 2.24) is 20.9 Å². The van der Waals surface area contributed by atoms with Crippen LogP contribution in [0.2, 0.25) is 0 Å². The number of alkyl carbamates (subject to hydrolysis) is 1. The van der Waals surface area contributed by atoms with Gasteiger partial charge in [-0.15, -0.1) is 0 Å². The Kier molecular flexibility index (Phi) is 12.1. The molecule has 3 atom stereocenters. The minimum atomic E-state index is -0.955. The summed E-state index contributed by atoms with van der Waals surface area (Å²) in [7, 11) is 0.